The predicted molar refractivity (Wildman–Crippen MR) is 138 cm³/mol. The van der Waals surface area contributed by atoms with E-state index in [1.54, 1.807) is 18.1 Å². The second-order valence-corrected chi connectivity index (χ2v) is 10.7. The number of aliphatic hydroxyl groups is 1. The molecule has 2 heterocycles. The Morgan fingerprint density at radius 3 is 2.29 bits per heavy atom. The molecule has 0 unspecified atom stereocenters. The van der Waals surface area contributed by atoms with E-state index in [-0.39, 0.29) is 30.0 Å². The summed E-state index contributed by atoms with van der Waals surface area (Å²) in [5, 5.41) is 11.3. The molecule has 1 saturated heterocycles. The quantitative estimate of drug-likeness (QED) is 0.652. The Morgan fingerprint density at radius 2 is 1.74 bits per heavy atom. The molecule has 1 fully saturated rings. The molecule has 7 heteroatoms. The van der Waals surface area contributed by atoms with Gasteiger partial charge in [0.2, 0.25) is 5.91 Å². The standard InChI is InChI=1S/C28H39N3O4/c1-7-27(4,5)26(34)30-15-13-28(35,14-16-30)19-31-18-23(25(33)29(6)20(2)3)22(17-24(31)32)21-11-9-8-10-12-21/h8-12,17-18,20,35H,7,13-16,19H2,1-6H3. The third kappa shape index (κ3) is 5.84. The molecule has 1 aliphatic rings. The summed E-state index contributed by atoms with van der Waals surface area (Å²) < 4.78 is 1.45. The molecule has 190 valence electrons. The Bertz CT molecular complexity index is 1110. The van der Waals surface area contributed by atoms with Crippen molar-refractivity contribution in [3.05, 3.63) is 58.5 Å². The second-order valence-electron chi connectivity index (χ2n) is 10.7. The highest BCUT2D eigenvalue weighted by Gasteiger charge is 2.38. The van der Waals surface area contributed by atoms with Gasteiger partial charge in [0.05, 0.1) is 17.7 Å². The van der Waals surface area contributed by atoms with Gasteiger partial charge in [-0.05, 0) is 38.7 Å². The molecule has 0 aliphatic carbocycles. The third-order valence-corrected chi connectivity index (χ3v) is 7.45. The number of carbonyl (C=O) groups is 2. The molecule has 1 N–H and O–H groups in total. The molecular weight excluding hydrogens is 442 g/mol. The van der Waals surface area contributed by atoms with Gasteiger partial charge in [0.15, 0.2) is 0 Å². The lowest BCUT2D eigenvalue weighted by Gasteiger charge is -2.41. The van der Waals surface area contributed by atoms with E-state index in [2.05, 4.69) is 0 Å². The molecule has 2 amide bonds. The number of piperidine rings is 1. The van der Waals surface area contributed by atoms with Gasteiger partial charge in [-0.2, -0.15) is 0 Å². The molecule has 1 aromatic carbocycles. The highest BCUT2D eigenvalue weighted by Crippen LogP contribution is 2.30. The molecule has 2 aromatic rings. The van der Waals surface area contributed by atoms with Gasteiger partial charge < -0.3 is 19.5 Å². The first-order valence-corrected chi connectivity index (χ1v) is 12.5. The van der Waals surface area contributed by atoms with Gasteiger partial charge in [0.25, 0.3) is 11.5 Å². The molecule has 1 aromatic heterocycles. The lowest BCUT2D eigenvalue weighted by Crippen LogP contribution is -2.52. The zero-order chi connectivity index (χ0) is 26.0. The minimum atomic E-state index is -1.13. The smallest absolute Gasteiger partial charge is 0.255 e. The van der Waals surface area contributed by atoms with Crippen LogP contribution in [0.5, 0.6) is 0 Å². The highest BCUT2D eigenvalue weighted by atomic mass is 16.3. The van der Waals surface area contributed by atoms with E-state index in [4.69, 9.17) is 0 Å². The van der Waals surface area contributed by atoms with Crippen LogP contribution in [0.15, 0.2) is 47.4 Å². The van der Waals surface area contributed by atoms with E-state index in [1.807, 2.05) is 69.9 Å². The number of hydrogen-bond donors (Lipinski definition) is 1. The Morgan fingerprint density at radius 1 is 1.14 bits per heavy atom. The van der Waals surface area contributed by atoms with Gasteiger partial charge in [-0.1, -0.05) is 51.1 Å². The first-order valence-electron chi connectivity index (χ1n) is 12.5. The average molecular weight is 482 g/mol. The van der Waals surface area contributed by atoms with Gasteiger partial charge in [-0.15, -0.1) is 0 Å². The minimum absolute atomic E-state index is 0.00933. The monoisotopic (exact) mass is 481 g/mol. The molecule has 7 nitrogen and oxygen atoms in total. The summed E-state index contributed by atoms with van der Waals surface area (Å²) >= 11 is 0. The van der Waals surface area contributed by atoms with Crippen molar-refractivity contribution in [2.45, 2.75) is 72.1 Å². The van der Waals surface area contributed by atoms with E-state index in [1.165, 1.54) is 10.6 Å². The predicted octanol–water partition coefficient (Wildman–Crippen LogP) is 3.79. The molecule has 1 aliphatic heterocycles. The van der Waals surface area contributed by atoms with Crippen LogP contribution in [0.1, 0.15) is 64.2 Å². The van der Waals surface area contributed by atoms with Crippen LogP contribution < -0.4 is 5.56 Å². The summed E-state index contributed by atoms with van der Waals surface area (Å²) in [6, 6.07) is 10.9. The first-order chi connectivity index (χ1) is 16.4. The number of pyridine rings is 1. The lowest BCUT2D eigenvalue weighted by molar-refractivity contribution is -0.145. The van der Waals surface area contributed by atoms with Gasteiger partial charge >= 0.3 is 0 Å². The van der Waals surface area contributed by atoms with Crippen LogP contribution in [-0.2, 0) is 11.3 Å². The Hall–Kier alpha value is -2.93. The largest absolute Gasteiger partial charge is 0.388 e. The number of rotatable bonds is 7. The summed E-state index contributed by atoms with van der Waals surface area (Å²) in [5.74, 6) is -0.0853. The number of hydrogen-bond acceptors (Lipinski definition) is 4. The Balaban J connectivity index is 1.90. The molecule has 0 bridgehead atoms. The van der Waals surface area contributed by atoms with Crippen molar-refractivity contribution in [2.75, 3.05) is 20.1 Å². The first kappa shape index (κ1) is 26.7. The van der Waals surface area contributed by atoms with E-state index >= 15 is 0 Å². The number of nitrogens with zero attached hydrogens (tertiary/aromatic N) is 3. The van der Waals surface area contributed by atoms with Crippen molar-refractivity contribution in [3.63, 3.8) is 0 Å². The molecular formula is C28H39N3O4. The van der Waals surface area contributed by atoms with Gasteiger partial charge in [-0.25, -0.2) is 0 Å². The molecule has 0 atom stereocenters. The van der Waals surface area contributed by atoms with E-state index in [0.717, 1.165) is 12.0 Å². The van der Waals surface area contributed by atoms with Crippen molar-refractivity contribution in [1.82, 2.24) is 14.4 Å². The van der Waals surface area contributed by atoms with E-state index < -0.39 is 11.0 Å². The fourth-order valence-corrected chi connectivity index (χ4v) is 4.33. The lowest BCUT2D eigenvalue weighted by atomic mass is 9.85. The van der Waals surface area contributed by atoms with Crippen LogP contribution in [0.2, 0.25) is 0 Å². The summed E-state index contributed by atoms with van der Waals surface area (Å²) in [4.78, 5) is 42.8. The summed E-state index contributed by atoms with van der Waals surface area (Å²) in [6.45, 7) is 10.7. The number of carbonyl (C=O) groups excluding carboxylic acids is 2. The van der Waals surface area contributed by atoms with Crippen LogP contribution >= 0.6 is 0 Å². The number of likely N-dealkylation sites (tertiary alicyclic amines) is 1. The van der Waals surface area contributed by atoms with E-state index in [9.17, 15) is 19.5 Å². The average Bonchev–Trinajstić information content (AvgIpc) is 2.84. The third-order valence-electron chi connectivity index (χ3n) is 7.45. The summed E-state index contributed by atoms with van der Waals surface area (Å²) in [6.07, 6.45) is 3.08. The zero-order valence-electron chi connectivity index (χ0n) is 21.9. The highest BCUT2D eigenvalue weighted by molar-refractivity contribution is 6.00. The van der Waals surface area contributed by atoms with Gasteiger partial charge in [0.1, 0.15) is 0 Å². The minimum Gasteiger partial charge on any atom is -0.388 e. The van der Waals surface area contributed by atoms with E-state index in [0.29, 0.717) is 37.1 Å². The summed E-state index contributed by atoms with van der Waals surface area (Å²) in [7, 11) is 1.75. The topological polar surface area (TPSA) is 82.8 Å². The maximum Gasteiger partial charge on any atom is 0.255 e. The van der Waals surface area contributed by atoms with Crippen LogP contribution in [0.25, 0.3) is 11.1 Å². The van der Waals surface area contributed by atoms with Crippen molar-refractivity contribution < 1.29 is 14.7 Å². The molecule has 0 saturated carbocycles. The maximum absolute atomic E-state index is 13.4. The molecule has 0 radical (unpaired) electrons. The maximum atomic E-state index is 13.4. The fraction of sp³-hybridized carbons (Fsp3) is 0.536. The second kappa shape index (κ2) is 10.4. The van der Waals surface area contributed by atoms with Crippen LogP contribution in [0.3, 0.4) is 0 Å². The number of benzene rings is 1. The van der Waals surface area contributed by atoms with Crippen molar-refractivity contribution in [1.29, 1.82) is 0 Å². The van der Waals surface area contributed by atoms with Gasteiger partial charge in [0, 0.05) is 49.4 Å². The van der Waals surface area contributed by atoms with Crippen LogP contribution in [0.4, 0.5) is 0 Å². The Kier molecular flexibility index (Phi) is 7.90. The Labute approximate surface area is 208 Å². The van der Waals surface area contributed by atoms with Crippen LogP contribution in [-0.4, -0.2) is 63.1 Å². The van der Waals surface area contributed by atoms with Crippen molar-refractivity contribution in [3.8, 4) is 11.1 Å². The number of amides is 2. The molecule has 0 spiro atoms. The zero-order valence-corrected chi connectivity index (χ0v) is 21.9. The SMILES string of the molecule is CCC(C)(C)C(=O)N1CCC(O)(Cn2cc(C(=O)N(C)C(C)C)c(-c3ccccc3)cc2=O)CC1. The molecule has 3 rings (SSSR count). The number of aromatic nitrogens is 1. The van der Waals surface area contributed by atoms with Gasteiger partial charge in [-0.3, -0.25) is 14.4 Å². The molecule has 35 heavy (non-hydrogen) atoms. The fourth-order valence-electron chi connectivity index (χ4n) is 4.33. The van der Waals surface area contributed by atoms with Crippen molar-refractivity contribution in [2.24, 2.45) is 5.41 Å². The van der Waals surface area contributed by atoms with Crippen molar-refractivity contribution >= 4 is 11.8 Å². The normalized spacial score (nSPS) is 15.8. The summed E-state index contributed by atoms with van der Waals surface area (Å²) in [5.41, 5.74) is -0.0354. The van der Waals surface area contributed by atoms with Crippen LogP contribution in [0, 0.1) is 5.41 Å².